The van der Waals surface area contributed by atoms with Crippen LogP contribution in [0.5, 0.6) is 0 Å². The second-order valence-electron chi connectivity index (χ2n) is 5.12. The van der Waals surface area contributed by atoms with Crippen LogP contribution in [0.25, 0.3) is 0 Å². The Morgan fingerprint density at radius 1 is 1.41 bits per heavy atom. The molecule has 2 nitrogen and oxygen atoms in total. The molecule has 1 aliphatic rings. The lowest BCUT2D eigenvalue weighted by Gasteiger charge is -2.22. The van der Waals surface area contributed by atoms with Gasteiger partial charge in [-0.1, -0.05) is 29.3 Å². The van der Waals surface area contributed by atoms with Crippen LogP contribution in [-0.4, -0.2) is 35.2 Å². The minimum absolute atomic E-state index is 0.419. The second kappa shape index (κ2) is 4.77. The summed E-state index contributed by atoms with van der Waals surface area (Å²) in [5.41, 5.74) is 0.384. The van der Waals surface area contributed by atoms with Crippen LogP contribution in [0.2, 0.25) is 10.0 Å². The average Bonchev–Trinajstić information content (AvgIpc) is 2.47. The molecular formula is C13H17Cl2NO. The van der Waals surface area contributed by atoms with Crippen molar-refractivity contribution in [2.75, 3.05) is 13.6 Å². The van der Waals surface area contributed by atoms with Gasteiger partial charge in [-0.15, -0.1) is 0 Å². The summed E-state index contributed by atoms with van der Waals surface area (Å²) in [6.07, 6.45) is 1.42. The molecule has 1 aliphatic heterocycles. The zero-order valence-corrected chi connectivity index (χ0v) is 11.6. The van der Waals surface area contributed by atoms with Gasteiger partial charge in [0.05, 0.1) is 15.6 Å². The van der Waals surface area contributed by atoms with Gasteiger partial charge < -0.3 is 10.0 Å². The molecule has 0 radical (unpaired) electrons. The van der Waals surface area contributed by atoms with Crippen LogP contribution in [-0.2, 0) is 6.42 Å². The van der Waals surface area contributed by atoms with Gasteiger partial charge in [0.2, 0.25) is 0 Å². The Morgan fingerprint density at radius 3 is 2.65 bits per heavy atom. The Labute approximate surface area is 112 Å². The first-order chi connectivity index (χ1) is 7.89. The molecule has 17 heavy (non-hydrogen) atoms. The first kappa shape index (κ1) is 13.2. The molecule has 1 heterocycles. The summed E-state index contributed by atoms with van der Waals surface area (Å²) in [4.78, 5) is 2.18. The van der Waals surface area contributed by atoms with Gasteiger partial charge in [-0.2, -0.15) is 0 Å². The number of benzene rings is 1. The van der Waals surface area contributed by atoms with Gasteiger partial charge in [-0.3, -0.25) is 0 Å². The Morgan fingerprint density at radius 2 is 2.12 bits per heavy atom. The van der Waals surface area contributed by atoms with Crippen molar-refractivity contribution in [1.29, 1.82) is 0 Å². The van der Waals surface area contributed by atoms with Crippen molar-refractivity contribution in [3.05, 3.63) is 33.8 Å². The summed E-state index contributed by atoms with van der Waals surface area (Å²) in [5.74, 6) is 0. The zero-order chi connectivity index (χ0) is 12.6. The Balaban J connectivity index is 2.13. The third-order valence-electron chi connectivity index (χ3n) is 3.49. The molecule has 0 bridgehead atoms. The summed E-state index contributed by atoms with van der Waals surface area (Å²) < 4.78 is 0. The minimum atomic E-state index is -0.647. The van der Waals surface area contributed by atoms with E-state index in [1.54, 1.807) is 6.07 Å². The monoisotopic (exact) mass is 273 g/mol. The van der Waals surface area contributed by atoms with E-state index in [1.165, 1.54) is 0 Å². The van der Waals surface area contributed by atoms with Crippen LogP contribution in [0.4, 0.5) is 0 Å². The Kier molecular flexibility index (Phi) is 3.69. The van der Waals surface area contributed by atoms with Crippen molar-refractivity contribution in [3.63, 3.8) is 0 Å². The van der Waals surface area contributed by atoms with Crippen LogP contribution >= 0.6 is 23.2 Å². The highest BCUT2D eigenvalue weighted by molar-refractivity contribution is 6.42. The molecule has 4 heteroatoms. The molecule has 1 N–H and O–H groups in total. The number of hydrogen-bond acceptors (Lipinski definition) is 2. The maximum Gasteiger partial charge on any atom is 0.0828 e. The molecule has 2 atom stereocenters. The number of likely N-dealkylation sites (N-methyl/N-ethyl adjacent to an activating group) is 1. The molecule has 2 rings (SSSR count). The van der Waals surface area contributed by atoms with Crippen LogP contribution in [0, 0.1) is 0 Å². The smallest absolute Gasteiger partial charge is 0.0828 e. The maximum absolute atomic E-state index is 10.5. The molecule has 0 amide bonds. The van der Waals surface area contributed by atoms with Crippen molar-refractivity contribution in [2.45, 2.75) is 31.4 Å². The van der Waals surface area contributed by atoms with E-state index in [4.69, 9.17) is 23.2 Å². The van der Waals surface area contributed by atoms with E-state index in [-0.39, 0.29) is 0 Å². The highest BCUT2D eigenvalue weighted by atomic mass is 35.5. The van der Waals surface area contributed by atoms with Crippen molar-refractivity contribution in [1.82, 2.24) is 4.90 Å². The number of halogens is 2. The van der Waals surface area contributed by atoms with E-state index in [0.717, 1.165) is 12.0 Å². The van der Waals surface area contributed by atoms with E-state index in [2.05, 4.69) is 11.8 Å². The summed E-state index contributed by atoms with van der Waals surface area (Å²) >= 11 is 11.9. The molecule has 0 spiro atoms. The van der Waals surface area contributed by atoms with Crippen LogP contribution in [0.3, 0.4) is 0 Å². The van der Waals surface area contributed by atoms with E-state index in [0.29, 0.717) is 29.1 Å². The first-order valence-electron chi connectivity index (χ1n) is 5.76. The average molecular weight is 274 g/mol. The van der Waals surface area contributed by atoms with E-state index in [9.17, 15) is 5.11 Å². The lowest BCUT2D eigenvalue weighted by Crippen LogP contribution is -2.34. The van der Waals surface area contributed by atoms with Gasteiger partial charge in [-0.05, 0) is 38.1 Å². The molecule has 94 valence electrons. The standard InChI is InChI=1S/C13H17Cl2NO/c1-9-6-13(17,8-16(9)2)7-10-3-4-11(14)12(15)5-10/h3-5,9,17H,6-8H2,1-2H3. The van der Waals surface area contributed by atoms with Crippen molar-refractivity contribution >= 4 is 23.2 Å². The number of aliphatic hydroxyl groups is 1. The van der Waals surface area contributed by atoms with E-state index >= 15 is 0 Å². The molecule has 1 aromatic carbocycles. The van der Waals surface area contributed by atoms with Crippen LogP contribution in [0.1, 0.15) is 18.9 Å². The van der Waals surface area contributed by atoms with Crippen LogP contribution in [0.15, 0.2) is 18.2 Å². The predicted octanol–water partition coefficient (Wildman–Crippen LogP) is 2.99. The summed E-state index contributed by atoms with van der Waals surface area (Å²) in [6.45, 7) is 2.83. The van der Waals surface area contributed by atoms with Gasteiger partial charge in [0.1, 0.15) is 0 Å². The number of likely N-dealkylation sites (tertiary alicyclic amines) is 1. The van der Waals surface area contributed by atoms with Crippen LogP contribution < -0.4 is 0 Å². The Hall–Kier alpha value is -0.280. The molecule has 1 fully saturated rings. The SMILES string of the molecule is CC1CC(O)(Cc2ccc(Cl)c(Cl)c2)CN1C. The largest absolute Gasteiger partial charge is 0.388 e. The highest BCUT2D eigenvalue weighted by Crippen LogP contribution is 2.31. The summed E-state index contributed by atoms with van der Waals surface area (Å²) in [6, 6.07) is 5.97. The molecule has 1 aromatic rings. The maximum atomic E-state index is 10.5. The number of nitrogens with zero attached hydrogens (tertiary/aromatic N) is 1. The van der Waals surface area contributed by atoms with Gasteiger partial charge in [0.25, 0.3) is 0 Å². The van der Waals surface area contributed by atoms with Gasteiger partial charge in [0.15, 0.2) is 0 Å². The van der Waals surface area contributed by atoms with Crippen molar-refractivity contribution < 1.29 is 5.11 Å². The molecule has 1 saturated heterocycles. The zero-order valence-electron chi connectivity index (χ0n) is 10.1. The molecule has 0 aliphatic carbocycles. The third-order valence-corrected chi connectivity index (χ3v) is 4.23. The summed E-state index contributed by atoms with van der Waals surface area (Å²) in [7, 11) is 2.04. The van der Waals surface area contributed by atoms with Crippen molar-refractivity contribution in [3.8, 4) is 0 Å². The van der Waals surface area contributed by atoms with E-state index in [1.807, 2.05) is 19.2 Å². The summed E-state index contributed by atoms with van der Waals surface area (Å²) in [5, 5.41) is 11.6. The second-order valence-corrected chi connectivity index (χ2v) is 5.93. The topological polar surface area (TPSA) is 23.5 Å². The highest BCUT2D eigenvalue weighted by Gasteiger charge is 2.38. The molecule has 0 aromatic heterocycles. The lowest BCUT2D eigenvalue weighted by atomic mass is 9.92. The van der Waals surface area contributed by atoms with E-state index < -0.39 is 5.60 Å². The third kappa shape index (κ3) is 2.94. The first-order valence-corrected chi connectivity index (χ1v) is 6.52. The quantitative estimate of drug-likeness (QED) is 0.896. The molecule has 0 saturated carbocycles. The Bertz CT molecular complexity index is 412. The predicted molar refractivity (Wildman–Crippen MR) is 71.8 cm³/mol. The minimum Gasteiger partial charge on any atom is -0.388 e. The fourth-order valence-corrected chi connectivity index (χ4v) is 2.87. The van der Waals surface area contributed by atoms with Gasteiger partial charge in [0, 0.05) is 19.0 Å². The molecule has 2 unspecified atom stereocenters. The fourth-order valence-electron chi connectivity index (χ4n) is 2.55. The number of β-amino-alcohol motifs (C(OH)–C–C–N with tert-alkyl or cyclic N) is 1. The number of hydrogen-bond donors (Lipinski definition) is 1. The lowest BCUT2D eigenvalue weighted by molar-refractivity contribution is 0.0521. The van der Waals surface area contributed by atoms with Crippen molar-refractivity contribution in [2.24, 2.45) is 0 Å². The fraction of sp³-hybridized carbons (Fsp3) is 0.538. The normalized spacial score (nSPS) is 29.8. The number of rotatable bonds is 2. The van der Waals surface area contributed by atoms with Gasteiger partial charge in [-0.25, -0.2) is 0 Å². The van der Waals surface area contributed by atoms with Gasteiger partial charge >= 0.3 is 0 Å². The molecular weight excluding hydrogens is 257 g/mol.